The fraction of sp³-hybridized carbons (Fsp3) is 0.333. The van der Waals surface area contributed by atoms with Crippen LogP contribution in [0.2, 0.25) is 0 Å². The smallest absolute Gasteiger partial charge is 0.0198 e. The second-order valence-corrected chi connectivity index (χ2v) is 17.1. The largest absolute Gasteiger partial charge is 0.304 e. The van der Waals surface area contributed by atoms with Gasteiger partial charge in [-0.3, -0.25) is 0 Å². The molecule has 4 aromatic carbocycles. The van der Waals surface area contributed by atoms with Crippen LogP contribution in [0.3, 0.4) is 0 Å². The molecule has 0 amide bonds. The van der Waals surface area contributed by atoms with Crippen LogP contribution in [0.15, 0.2) is 103 Å². The Labute approximate surface area is 320 Å². The maximum atomic E-state index is 4.85. The van der Waals surface area contributed by atoms with Crippen molar-refractivity contribution in [2.45, 2.75) is 104 Å². The Kier molecular flexibility index (Phi) is 10.7. The summed E-state index contributed by atoms with van der Waals surface area (Å²) in [5, 5.41) is 2.58. The zero-order chi connectivity index (χ0) is 36.1. The van der Waals surface area contributed by atoms with E-state index in [1.54, 1.807) is 0 Å². The maximum Gasteiger partial charge on any atom is 0.0198 e. The van der Waals surface area contributed by atoms with E-state index >= 15 is 0 Å². The van der Waals surface area contributed by atoms with Crippen LogP contribution in [0.1, 0.15) is 110 Å². The number of hydrogen-bond donors (Lipinski definition) is 0. The number of nitrogens with zero attached hydrogens (tertiary/aromatic N) is 2. The van der Waals surface area contributed by atoms with Crippen molar-refractivity contribution in [1.82, 2.24) is 9.97 Å². The Morgan fingerprint density at radius 3 is 1.76 bits per heavy atom. The van der Waals surface area contributed by atoms with Crippen LogP contribution >= 0.6 is 0 Å². The zero-order valence-electron chi connectivity index (χ0n) is 32.2. The van der Waals surface area contributed by atoms with E-state index in [0.29, 0.717) is 0 Å². The molecule has 0 saturated heterocycles. The predicted octanol–water partition coefficient (Wildman–Crippen LogP) is 12.8. The maximum absolute atomic E-state index is 4.85. The monoisotopic (exact) mass is 849 g/mol. The van der Waals surface area contributed by atoms with Gasteiger partial charge in [0, 0.05) is 37.9 Å². The Balaban J connectivity index is 0.000000211. The molecule has 1 aliphatic rings. The van der Waals surface area contributed by atoms with Crippen molar-refractivity contribution < 1.29 is 20.1 Å². The number of benzene rings is 4. The Hall–Kier alpha value is -3.91. The number of pyridine rings is 2. The zero-order valence-corrected chi connectivity index (χ0v) is 34.6. The summed E-state index contributed by atoms with van der Waals surface area (Å²) < 4.78 is 0. The van der Waals surface area contributed by atoms with Crippen LogP contribution in [-0.4, -0.2) is 9.97 Å². The van der Waals surface area contributed by atoms with Crippen molar-refractivity contribution in [1.29, 1.82) is 0 Å². The first-order valence-corrected chi connectivity index (χ1v) is 18.1. The normalized spacial score (nSPS) is 13.5. The van der Waals surface area contributed by atoms with Gasteiger partial charge in [-0.25, -0.2) is 0 Å². The van der Waals surface area contributed by atoms with Crippen molar-refractivity contribution in [3.63, 3.8) is 0 Å². The number of hydrogen-bond acceptors (Lipinski definition) is 2. The van der Waals surface area contributed by atoms with Gasteiger partial charge in [-0.05, 0) is 84.4 Å². The van der Waals surface area contributed by atoms with Crippen molar-refractivity contribution in [3.8, 4) is 33.6 Å². The first-order valence-electron chi connectivity index (χ1n) is 18.1. The van der Waals surface area contributed by atoms with Gasteiger partial charge in [0.15, 0.2) is 0 Å². The van der Waals surface area contributed by atoms with Gasteiger partial charge >= 0.3 is 0 Å². The van der Waals surface area contributed by atoms with Gasteiger partial charge in [0.25, 0.3) is 0 Å². The summed E-state index contributed by atoms with van der Waals surface area (Å²) in [7, 11) is 0. The second-order valence-electron chi connectivity index (χ2n) is 17.1. The van der Waals surface area contributed by atoms with Crippen molar-refractivity contribution in [2.24, 2.45) is 0 Å². The quantitative estimate of drug-likeness (QED) is 0.165. The SMILES string of the molecule is CC(C)(C)c1c[c-]c(-c2ccc(C(C)(C)C)cn2)cc1.CCC(C)(C)c1c[c-]c(-c2nccc3c2C(C)(C)c2cc4ccccc4cc2-3)cc1.[Ir]. The molecule has 0 saturated carbocycles. The molecule has 6 aromatic rings. The Morgan fingerprint density at radius 1 is 0.627 bits per heavy atom. The minimum absolute atomic E-state index is 0. The van der Waals surface area contributed by atoms with Crippen molar-refractivity contribution in [3.05, 3.63) is 143 Å². The summed E-state index contributed by atoms with van der Waals surface area (Å²) in [5.74, 6) is 0. The van der Waals surface area contributed by atoms with Crippen molar-refractivity contribution >= 4 is 10.8 Å². The third kappa shape index (κ3) is 7.67. The summed E-state index contributed by atoms with van der Waals surface area (Å²) in [5.41, 5.74) is 13.8. The van der Waals surface area contributed by atoms with E-state index in [0.717, 1.165) is 28.9 Å². The molecule has 0 N–H and O–H groups in total. The van der Waals surface area contributed by atoms with E-state index in [4.69, 9.17) is 4.98 Å². The molecule has 2 aromatic heterocycles. The molecule has 265 valence electrons. The van der Waals surface area contributed by atoms with E-state index < -0.39 is 0 Å². The molecule has 1 radical (unpaired) electrons. The summed E-state index contributed by atoms with van der Waals surface area (Å²) in [4.78, 5) is 9.43. The van der Waals surface area contributed by atoms with Gasteiger partial charge < -0.3 is 9.97 Å². The predicted molar refractivity (Wildman–Crippen MR) is 213 cm³/mol. The van der Waals surface area contributed by atoms with Crippen LogP contribution in [0, 0.1) is 12.1 Å². The molecule has 3 heteroatoms. The van der Waals surface area contributed by atoms with E-state index in [9.17, 15) is 0 Å². The minimum Gasteiger partial charge on any atom is -0.304 e. The van der Waals surface area contributed by atoms with Gasteiger partial charge in [-0.15, -0.1) is 70.8 Å². The van der Waals surface area contributed by atoms with Gasteiger partial charge in [-0.1, -0.05) is 119 Å². The minimum atomic E-state index is -0.104. The molecule has 7 rings (SSSR count). The van der Waals surface area contributed by atoms with Gasteiger partial charge in [-0.2, -0.15) is 0 Å². The van der Waals surface area contributed by atoms with Crippen LogP contribution in [0.5, 0.6) is 0 Å². The molecule has 0 unspecified atom stereocenters. The molecule has 0 bridgehead atoms. The molecule has 0 fully saturated rings. The van der Waals surface area contributed by atoms with Gasteiger partial charge in [0.2, 0.25) is 0 Å². The summed E-state index contributed by atoms with van der Waals surface area (Å²) in [6.45, 7) is 24.7. The molecular formula is C48H52IrN2-2. The number of rotatable bonds is 4. The Morgan fingerprint density at radius 2 is 1.22 bits per heavy atom. The molecule has 0 atom stereocenters. The molecule has 2 nitrogen and oxygen atoms in total. The molecule has 0 spiro atoms. The fourth-order valence-electron chi connectivity index (χ4n) is 6.88. The molecule has 1 aliphatic carbocycles. The summed E-state index contributed by atoms with van der Waals surface area (Å²) >= 11 is 0. The molecule has 51 heavy (non-hydrogen) atoms. The average Bonchev–Trinajstić information content (AvgIpc) is 3.32. The fourth-order valence-corrected chi connectivity index (χ4v) is 6.88. The summed E-state index contributed by atoms with van der Waals surface area (Å²) in [6, 6.07) is 39.6. The van der Waals surface area contributed by atoms with E-state index in [1.165, 1.54) is 49.7 Å². The average molecular weight is 849 g/mol. The van der Waals surface area contributed by atoms with Gasteiger partial charge in [0.1, 0.15) is 0 Å². The third-order valence-electron chi connectivity index (χ3n) is 10.7. The first kappa shape index (κ1) is 38.3. The molecule has 2 heterocycles. The van der Waals surface area contributed by atoms with E-state index in [1.807, 2.05) is 12.4 Å². The van der Waals surface area contributed by atoms with Crippen LogP contribution < -0.4 is 0 Å². The molecular weight excluding hydrogens is 797 g/mol. The standard InChI is InChI=1S/C29H28N.C19H24N.Ir/c1-6-28(2,3)22-13-11-19(12-14-22)27-26-23(15-16-30-27)24-17-20-9-7-8-10-21(20)18-25(24)29(26,4)5;1-18(2,3)15-9-7-14(8-10-15)17-12-11-16(13-20-17)19(4,5)6;/h7-11,13-18H,6H2,1-5H3;7,9-13H,1-6H3;/q2*-1;. The molecule has 0 aliphatic heterocycles. The first-order chi connectivity index (χ1) is 23.5. The van der Waals surface area contributed by atoms with E-state index in [-0.39, 0.29) is 41.8 Å². The van der Waals surface area contributed by atoms with Crippen LogP contribution in [0.25, 0.3) is 44.4 Å². The second kappa shape index (κ2) is 14.3. The number of aromatic nitrogens is 2. The Bertz CT molecular complexity index is 2070. The third-order valence-corrected chi connectivity index (χ3v) is 10.7. The number of fused-ring (bicyclic) bond motifs is 4. The summed E-state index contributed by atoms with van der Waals surface area (Å²) in [6.07, 6.45) is 5.03. The van der Waals surface area contributed by atoms with Gasteiger partial charge in [0.05, 0.1) is 0 Å². The van der Waals surface area contributed by atoms with Crippen molar-refractivity contribution in [2.75, 3.05) is 0 Å². The van der Waals surface area contributed by atoms with E-state index in [2.05, 4.69) is 184 Å². The van der Waals surface area contributed by atoms with Crippen LogP contribution in [0.4, 0.5) is 0 Å². The van der Waals surface area contributed by atoms with Crippen LogP contribution in [-0.2, 0) is 41.8 Å². The topological polar surface area (TPSA) is 25.8 Å².